The summed E-state index contributed by atoms with van der Waals surface area (Å²) in [7, 11) is 1.83. The van der Waals surface area contributed by atoms with E-state index in [0.717, 1.165) is 33.9 Å². The molecule has 0 atom stereocenters. The minimum Gasteiger partial charge on any atom is -0.493 e. The number of rotatable bonds is 4. The molecule has 0 fully saturated rings. The minimum atomic E-state index is 0.180. The molecule has 0 amide bonds. The smallest absolute Gasteiger partial charge is 0.219 e. The second-order valence-corrected chi connectivity index (χ2v) is 8.23. The summed E-state index contributed by atoms with van der Waals surface area (Å²) in [4.78, 5) is 10.4. The van der Waals surface area contributed by atoms with E-state index in [9.17, 15) is 5.11 Å². The Morgan fingerprint density at radius 2 is 2.08 bits per heavy atom. The Morgan fingerprint density at radius 3 is 2.81 bits per heavy atom. The molecule has 0 aliphatic carbocycles. The Labute approximate surface area is 160 Å². The van der Waals surface area contributed by atoms with Crippen molar-refractivity contribution in [2.24, 2.45) is 12.0 Å². The number of hydrogen-bond acceptors (Lipinski definition) is 5. The summed E-state index contributed by atoms with van der Waals surface area (Å²) in [6.45, 7) is 3.01. The Kier molecular flexibility index (Phi) is 4.70. The number of aromatic nitrogens is 2. The highest BCUT2D eigenvalue weighted by Crippen LogP contribution is 2.26. The molecule has 0 saturated heterocycles. The molecular weight excluding hydrogens is 362 g/mol. The van der Waals surface area contributed by atoms with Crippen LogP contribution in [0.5, 0.6) is 5.88 Å². The maximum absolute atomic E-state index is 10.5. The van der Waals surface area contributed by atoms with E-state index < -0.39 is 0 Å². The standard InChI is InChI=1S/C20H19N3OS2/c1-3-9-21-18-12-17-16(26-18)11-14(25-17)10-15-20(24)23(2)19(22-15)13-7-5-4-6-8-13/h4-8,10-12,24H,3,9H2,1-2H3/b14-10+,21-18?. The summed E-state index contributed by atoms with van der Waals surface area (Å²) in [5, 5.41) is 11.6. The number of fused-ring (bicyclic) bond motifs is 1. The first-order valence-electron chi connectivity index (χ1n) is 8.52. The molecule has 6 heteroatoms. The van der Waals surface area contributed by atoms with Gasteiger partial charge in [-0.25, -0.2) is 4.98 Å². The van der Waals surface area contributed by atoms with E-state index in [1.165, 1.54) is 9.43 Å². The molecule has 1 N–H and O–H groups in total. The van der Waals surface area contributed by atoms with Crippen LogP contribution in [-0.2, 0) is 7.05 Å². The third kappa shape index (κ3) is 3.22. The highest BCUT2D eigenvalue weighted by Gasteiger charge is 2.15. The highest BCUT2D eigenvalue weighted by atomic mass is 32.2. The molecule has 132 valence electrons. The van der Waals surface area contributed by atoms with E-state index in [4.69, 9.17) is 0 Å². The second-order valence-electron chi connectivity index (χ2n) is 6.06. The van der Waals surface area contributed by atoms with Crippen molar-refractivity contribution in [1.82, 2.24) is 9.55 Å². The Morgan fingerprint density at radius 1 is 1.27 bits per heavy atom. The summed E-state index contributed by atoms with van der Waals surface area (Å²) in [6, 6.07) is 12.0. The van der Waals surface area contributed by atoms with Gasteiger partial charge >= 0.3 is 0 Å². The molecule has 0 bridgehead atoms. The molecule has 0 spiro atoms. The first kappa shape index (κ1) is 17.1. The lowest BCUT2D eigenvalue weighted by molar-refractivity contribution is 0.432. The van der Waals surface area contributed by atoms with E-state index >= 15 is 0 Å². The molecule has 1 aliphatic rings. The summed E-state index contributed by atoms with van der Waals surface area (Å²) in [6.07, 6.45) is 5.15. The van der Waals surface area contributed by atoms with Crippen LogP contribution < -0.4 is 9.06 Å². The van der Waals surface area contributed by atoms with Gasteiger partial charge in [0.05, 0.1) is 5.04 Å². The topological polar surface area (TPSA) is 50.4 Å². The SMILES string of the molecule is CCCN=C1C=c2s/c(=C/c3nc(-c4ccccc4)n(C)c3O)cc2S1. The lowest BCUT2D eigenvalue weighted by Crippen LogP contribution is -1.94. The second kappa shape index (κ2) is 7.13. The zero-order valence-electron chi connectivity index (χ0n) is 14.6. The number of hydrogen-bond donors (Lipinski definition) is 1. The highest BCUT2D eigenvalue weighted by molar-refractivity contribution is 8.15. The summed E-state index contributed by atoms with van der Waals surface area (Å²) < 4.78 is 4.04. The zero-order valence-corrected chi connectivity index (χ0v) is 16.3. The lowest BCUT2D eigenvalue weighted by atomic mass is 10.2. The molecule has 4 nitrogen and oxygen atoms in total. The summed E-state index contributed by atoms with van der Waals surface area (Å²) in [5.41, 5.74) is 1.58. The van der Waals surface area contributed by atoms with Crippen LogP contribution in [0.2, 0.25) is 0 Å². The van der Waals surface area contributed by atoms with Crippen molar-refractivity contribution < 1.29 is 5.11 Å². The molecule has 1 aromatic carbocycles. The van der Waals surface area contributed by atoms with Gasteiger partial charge in [-0.2, -0.15) is 0 Å². The number of benzene rings is 1. The lowest BCUT2D eigenvalue weighted by Gasteiger charge is -2.01. The zero-order chi connectivity index (χ0) is 18.1. The fourth-order valence-corrected chi connectivity index (χ4v) is 5.03. The number of aliphatic imine (C=N–C) groups is 1. The van der Waals surface area contributed by atoms with Gasteiger partial charge in [0.2, 0.25) is 5.88 Å². The van der Waals surface area contributed by atoms with Gasteiger partial charge in [0, 0.05) is 33.1 Å². The van der Waals surface area contributed by atoms with Gasteiger partial charge in [-0.1, -0.05) is 49.0 Å². The molecule has 26 heavy (non-hydrogen) atoms. The molecule has 2 aromatic heterocycles. The van der Waals surface area contributed by atoms with Crippen LogP contribution in [0.15, 0.2) is 46.3 Å². The molecule has 0 radical (unpaired) electrons. The third-order valence-corrected chi connectivity index (χ3v) is 6.28. The van der Waals surface area contributed by atoms with Crippen molar-refractivity contribution in [3.8, 4) is 17.3 Å². The maximum Gasteiger partial charge on any atom is 0.219 e. The normalized spacial score (nSPS) is 15.5. The van der Waals surface area contributed by atoms with Crippen molar-refractivity contribution in [3.63, 3.8) is 0 Å². The predicted octanol–water partition coefficient (Wildman–Crippen LogP) is 3.38. The van der Waals surface area contributed by atoms with Gasteiger partial charge in [0.1, 0.15) is 11.5 Å². The van der Waals surface area contributed by atoms with Crippen LogP contribution in [-0.4, -0.2) is 26.2 Å². The molecule has 0 unspecified atom stereocenters. The van der Waals surface area contributed by atoms with Gasteiger partial charge in [0.15, 0.2) is 0 Å². The monoisotopic (exact) mass is 381 g/mol. The molecule has 3 heterocycles. The molecule has 1 aliphatic heterocycles. The van der Waals surface area contributed by atoms with E-state index in [-0.39, 0.29) is 5.88 Å². The van der Waals surface area contributed by atoms with Gasteiger partial charge in [-0.15, -0.1) is 11.3 Å². The predicted molar refractivity (Wildman–Crippen MR) is 110 cm³/mol. The van der Waals surface area contributed by atoms with Gasteiger partial charge < -0.3 is 5.11 Å². The summed E-state index contributed by atoms with van der Waals surface area (Å²) >= 11 is 3.41. The number of aromatic hydroxyl groups is 1. The van der Waals surface area contributed by atoms with Crippen molar-refractivity contribution in [2.45, 2.75) is 18.2 Å². The fourth-order valence-electron chi connectivity index (χ4n) is 2.80. The Bertz CT molecular complexity index is 1090. The third-order valence-electron chi connectivity index (χ3n) is 4.11. The Hall–Kier alpha value is -2.31. The number of thiophene rings is 1. The number of nitrogens with zero attached hydrogens (tertiary/aromatic N) is 3. The van der Waals surface area contributed by atoms with Crippen LogP contribution in [0.25, 0.3) is 23.5 Å². The Balaban J connectivity index is 1.71. The molecule has 0 saturated carbocycles. The largest absolute Gasteiger partial charge is 0.493 e. The van der Waals surface area contributed by atoms with E-state index in [2.05, 4.69) is 29.0 Å². The van der Waals surface area contributed by atoms with E-state index in [1.54, 1.807) is 27.7 Å². The summed E-state index contributed by atoms with van der Waals surface area (Å²) in [5.74, 6) is 0.938. The van der Waals surface area contributed by atoms with E-state index in [0.29, 0.717) is 5.69 Å². The van der Waals surface area contributed by atoms with Crippen molar-refractivity contribution in [2.75, 3.05) is 6.54 Å². The quantitative estimate of drug-likeness (QED) is 0.754. The van der Waals surface area contributed by atoms with Crippen molar-refractivity contribution >= 4 is 40.3 Å². The van der Waals surface area contributed by atoms with Crippen LogP contribution in [0.1, 0.15) is 19.0 Å². The van der Waals surface area contributed by atoms with Crippen LogP contribution >= 0.6 is 23.1 Å². The first-order chi connectivity index (χ1) is 12.7. The average Bonchev–Trinajstić information content (AvgIpc) is 3.28. The van der Waals surface area contributed by atoms with E-state index in [1.807, 2.05) is 43.5 Å². The van der Waals surface area contributed by atoms with Crippen molar-refractivity contribution in [3.05, 3.63) is 51.2 Å². The molecule has 3 aromatic rings. The maximum atomic E-state index is 10.5. The van der Waals surface area contributed by atoms with Crippen LogP contribution in [0.3, 0.4) is 0 Å². The van der Waals surface area contributed by atoms with Crippen LogP contribution in [0.4, 0.5) is 0 Å². The van der Waals surface area contributed by atoms with Gasteiger partial charge in [0.25, 0.3) is 0 Å². The number of thioether (sulfide) groups is 1. The van der Waals surface area contributed by atoms with Gasteiger partial charge in [-0.3, -0.25) is 9.56 Å². The molecular formula is C20H19N3OS2. The minimum absolute atomic E-state index is 0.180. The number of imidazole rings is 1. The first-order valence-corrected chi connectivity index (χ1v) is 10.2. The fraction of sp³-hybridized carbons (Fsp3) is 0.200. The molecule has 4 rings (SSSR count). The van der Waals surface area contributed by atoms with Gasteiger partial charge in [-0.05, 0) is 24.6 Å². The average molecular weight is 382 g/mol. The van der Waals surface area contributed by atoms with Crippen LogP contribution in [0, 0.1) is 0 Å². The van der Waals surface area contributed by atoms with Crippen molar-refractivity contribution in [1.29, 1.82) is 0 Å².